The van der Waals surface area contributed by atoms with Gasteiger partial charge in [-0.3, -0.25) is 4.79 Å². The fourth-order valence-electron chi connectivity index (χ4n) is 4.11. The molecule has 0 N–H and O–H groups in total. The average molecular weight is 353 g/mol. The molecule has 2 aliphatic heterocycles. The summed E-state index contributed by atoms with van der Waals surface area (Å²) in [6, 6.07) is 5.59. The van der Waals surface area contributed by atoms with Crippen LogP contribution in [-0.2, 0) is 26.2 Å². The minimum absolute atomic E-state index is 0.0314. The molecule has 130 valence electrons. The van der Waals surface area contributed by atoms with Crippen LogP contribution in [0.1, 0.15) is 31.2 Å². The molecule has 24 heavy (non-hydrogen) atoms. The van der Waals surface area contributed by atoms with E-state index in [-0.39, 0.29) is 28.9 Å². The van der Waals surface area contributed by atoms with Gasteiger partial charge in [0, 0.05) is 6.61 Å². The largest absolute Gasteiger partial charge is 0.371 e. The van der Waals surface area contributed by atoms with Gasteiger partial charge < -0.3 is 9.64 Å². The van der Waals surface area contributed by atoms with Crippen LogP contribution in [0.5, 0.6) is 0 Å². The first kappa shape index (κ1) is 16.0. The zero-order chi connectivity index (χ0) is 16.9. The Kier molecular flexibility index (Phi) is 3.69. The molecule has 1 aromatic rings. The summed E-state index contributed by atoms with van der Waals surface area (Å²) < 4.78 is 40.6. The second-order valence-corrected chi connectivity index (χ2v) is 8.43. The van der Waals surface area contributed by atoms with Crippen molar-refractivity contribution in [1.82, 2.24) is 4.90 Å². The normalized spacial score (nSPS) is 29.7. The second kappa shape index (κ2) is 5.52. The molecule has 4 rings (SSSR count). The van der Waals surface area contributed by atoms with Gasteiger partial charge in [-0.15, -0.1) is 3.89 Å². The Bertz CT molecular complexity index is 751. The van der Waals surface area contributed by atoms with Crippen LogP contribution in [0.15, 0.2) is 29.2 Å². The first-order valence-corrected chi connectivity index (χ1v) is 9.74. The number of halogens is 1. The number of benzene rings is 1. The molecule has 3 fully saturated rings. The molecule has 0 aromatic heterocycles. The van der Waals surface area contributed by atoms with Crippen LogP contribution in [0.4, 0.5) is 3.89 Å². The Morgan fingerprint density at radius 1 is 1.29 bits per heavy atom. The van der Waals surface area contributed by atoms with Gasteiger partial charge in [-0.05, 0) is 49.3 Å². The van der Waals surface area contributed by atoms with E-state index in [1.54, 1.807) is 0 Å². The van der Waals surface area contributed by atoms with E-state index in [0.29, 0.717) is 18.0 Å². The molecule has 0 radical (unpaired) electrons. The molecular weight excluding hydrogens is 333 g/mol. The number of carbonyl (C=O) groups excluding carboxylic acids is 1. The Morgan fingerprint density at radius 3 is 2.54 bits per heavy atom. The topological polar surface area (TPSA) is 63.7 Å². The summed E-state index contributed by atoms with van der Waals surface area (Å²) in [4.78, 5) is 14.2. The lowest BCUT2D eigenvalue weighted by Gasteiger charge is -2.55. The van der Waals surface area contributed by atoms with Crippen LogP contribution in [0, 0.1) is 5.92 Å². The van der Waals surface area contributed by atoms with Crippen molar-refractivity contribution >= 4 is 16.1 Å². The number of hydrogen-bond acceptors (Lipinski definition) is 4. The highest BCUT2D eigenvalue weighted by molar-refractivity contribution is 7.86. The van der Waals surface area contributed by atoms with Gasteiger partial charge in [0.25, 0.3) is 0 Å². The lowest BCUT2D eigenvalue weighted by Crippen LogP contribution is -2.71. The fourth-order valence-corrected chi connectivity index (χ4v) is 4.58. The van der Waals surface area contributed by atoms with E-state index in [1.807, 2.05) is 4.90 Å². The van der Waals surface area contributed by atoms with Crippen molar-refractivity contribution in [3.8, 4) is 0 Å². The van der Waals surface area contributed by atoms with E-state index in [0.717, 1.165) is 32.3 Å². The Labute approximate surface area is 141 Å². The third-order valence-electron chi connectivity index (χ3n) is 5.40. The summed E-state index contributed by atoms with van der Waals surface area (Å²) in [6.07, 6.45) is 4.60. The van der Waals surface area contributed by atoms with Crippen LogP contribution in [0.2, 0.25) is 0 Å². The Morgan fingerprint density at radius 2 is 2.00 bits per heavy atom. The Hall–Kier alpha value is -1.47. The highest BCUT2D eigenvalue weighted by Crippen LogP contribution is 2.51. The van der Waals surface area contributed by atoms with Crippen molar-refractivity contribution in [2.24, 2.45) is 5.92 Å². The van der Waals surface area contributed by atoms with Crippen LogP contribution in [0.3, 0.4) is 0 Å². The monoisotopic (exact) mass is 353 g/mol. The quantitative estimate of drug-likeness (QED) is 0.778. The van der Waals surface area contributed by atoms with E-state index < -0.39 is 10.2 Å². The molecule has 2 unspecified atom stereocenters. The van der Waals surface area contributed by atoms with E-state index in [4.69, 9.17) is 4.74 Å². The van der Waals surface area contributed by atoms with Crippen molar-refractivity contribution in [2.45, 2.75) is 48.6 Å². The summed E-state index contributed by atoms with van der Waals surface area (Å²) in [5.41, 5.74) is 0.568. The van der Waals surface area contributed by atoms with Gasteiger partial charge in [-0.1, -0.05) is 12.1 Å². The number of amides is 1. The lowest BCUT2D eigenvalue weighted by molar-refractivity contribution is -0.184. The smallest absolute Gasteiger partial charge is 0.332 e. The fraction of sp³-hybridized carbons (Fsp3) is 0.588. The lowest BCUT2D eigenvalue weighted by atomic mass is 9.77. The van der Waals surface area contributed by atoms with E-state index >= 15 is 0 Å². The predicted molar refractivity (Wildman–Crippen MR) is 84.6 cm³/mol. The highest BCUT2D eigenvalue weighted by atomic mass is 32.3. The van der Waals surface area contributed by atoms with Gasteiger partial charge in [0.1, 0.15) is 5.60 Å². The number of carbonyl (C=O) groups is 1. The van der Waals surface area contributed by atoms with Gasteiger partial charge in [0.2, 0.25) is 5.91 Å². The number of nitrogens with zero attached hydrogens (tertiary/aromatic N) is 1. The molecule has 2 heterocycles. The maximum absolute atomic E-state index is 12.9. The third kappa shape index (κ3) is 2.73. The maximum atomic E-state index is 12.9. The molecule has 7 heteroatoms. The first-order valence-electron chi connectivity index (χ1n) is 8.36. The molecule has 1 saturated carbocycles. The van der Waals surface area contributed by atoms with Crippen molar-refractivity contribution in [2.75, 3.05) is 13.2 Å². The standard InChI is InChI=1S/C17H20FNO4S/c18-24(21,22)14-6-2-12(3-7-14)10-15(20)19-11-17(8-1-9-23-17)16(19)13-4-5-13/h2-3,6-7,13,16H,1,4-5,8-11H2. The molecule has 1 aliphatic carbocycles. The van der Waals surface area contributed by atoms with Crippen LogP contribution >= 0.6 is 0 Å². The molecule has 3 aliphatic rings. The first-order chi connectivity index (χ1) is 11.4. The number of ether oxygens (including phenoxy) is 1. The zero-order valence-electron chi connectivity index (χ0n) is 13.3. The number of rotatable bonds is 4. The minimum atomic E-state index is -4.70. The van der Waals surface area contributed by atoms with Gasteiger partial charge in [-0.2, -0.15) is 8.42 Å². The van der Waals surface area contributed by atoms with Crippen LogP contribution < -0.4 is 0 Å². The summed E-state index contributed by atoms with van der Waals surface area (Å²) in [5.74, 6) is 0.587. The Balaban J connectivity index is 1.45. The molecule has 0 bridgehead atoms. The van der Waals surface area contributed by atoms with Crippen molar-refractivity contribution in [1.29, 1.82) is 0 Å². The maximum Gasteiger partial charge on any atom is 0.332 e. The summed E-state index contributed by atoms with van der Waals surface area (Å²) in [5, 5.41) is 0. The molecule has 1 spiro atoms. The van der Waals surface area contributed by atoms with E-state index in [9.17, 15) is 17.1 Å². The number of likely N-dealkylation sites (tertiary alicyclic amines) is 1. The summed E-state index contributed by atoms with van der Waals surface area (Å²) in [7, 11) is -4.70. The van der Waals surface area contributed by atoms with Crippen molar-refractivity contribution < 1.29 is 21.8 Å². The third-order valence-corrected chi connectivity index (χ3v) is 6.23. The van der Waals surface area contributed by atoms with Crippen LogP contribution in [0.25, 0.3) is 0 Å². The number of hydrogen-bond donors (Lipinski definition) is 0. The molecule has 5 nitrogen and oxygen atoms in total. The second-order valence-electron chi connectivity index (χ2n) is 7.08. The van der Waals surface area contributed by atoms with Gasteiger partial charge in [-0.25, -0.2) is 0 Å². The molecule has 2 atom stereocenters. The SMILES string of the molecule is O=C(Cc1ccc(S(=O)(=O)F)cc1)N1CC2(CCCO2)C1C1CC1. The predicted octanol–water partition coefficient (Wildman–Crippen LogP) is 2.06. The molecular formula is C17H20FNO4S. The summed E-state index contributed by atoms with van der Waals surface area (Å²) >= 11 is 0. The van der Waals surface area contributed by atoms with Gasteiger partial charge in [0.05, 0.1) is 23.9 Å². The molecule has 1 aromatic carbocycles. The van der Waals surface area contributed by atoms with E-state index in [2.05, 4.69) is 0 Å². The van der Waals surface area contributed by atoms with Crippen molar-refractivity contribution in [3.63, 3.8) is 0 Å². The van der Waals surface area contributed by atoms with E-state index in [1.165, 1.54) is 24.3 Å². The van der Waals surface area contributed by atoms with Crippen LogP contribution in [-0.4, -0.2) is 44.0 Å². The molecule has 1 amide bonds. The average Bonchev–Trinajstić information content (AvgIpc) is 3.18. The highest BCUT2D eigenvalue weighted by Gasteiger charge is 2.61. The molecule has 2 saturated heterocycles. The van der Waals surface area contributed by atoms with Gasteiger partial charge in [0.15, 0.2) is 0 Å². The van der Waals surface area contributed by atoms with Crippen molar-refractivity contribution in [3.05, 3.63) is 29.8 Å². The zero-order valence-corrected chi connectivity index (χ0v) is 14.1. The summed E-state index contributed by atoms with van der Waals surface area (Å²) in [6.45, 7) is 1.44. The minimum Gasteiger partial charge on any atom is -0.371 e. The van der Waals surface area contributed by atoms with Gasteiger partial charge >= 0.3 is 10.2 Å².